The molecule has 2 saturated heterocycles. The molecule has 8 heteroatoms. The predicted octanol–water partition coefficient (Wildman–Crippen LogP) is 0.312. The molecule has 3 rings (SSSR count). The molecule has 0 spiro atoms. The minimum Gasteiger partial charge on any atom is -0.311 e. The third-order valence-electron chi connectivity index (χ3n) is 4.83. The number of nitrogens with zero attached hydrogens (tertiary/aromatic N) is 3. The van der Waals surface area contributed by atoms with Gasteiger partial charge in [-0.15, -0.1) is 0 Å². The summed E-state index contributed by atoms with van der Waals surface area (Å²) >= 11 is 0. The normalized spacial score (nSPS) is 24.3. The molecule has 2 heterocycles. The van der Waals surface area contributed by atoms with Gasteiger partial charge in [0.25, 0.3) is 10.2 Å². The fourth-order valence-electron chi connectivity index (χ4n) is 3.45. The van der Waals surface area contributed by atoms with Crippen molar-refractivity contribution < 1.29 is 13.2 Å². The molecule has 132 valence electrons. The van der Waals surface area contributed by atoms with Gasteiger partial charge >= 0.3 is 0 Å². The second kappa shape index (κ2) is 6.79. The molecule has 2 N–H and O–H groups in total. The summed E-state index contributed by atoms with van der Waals surface area (Å²) in [7, 11) is -3.64. The monoisotopic (exact) mass is 352 g/mol. The van der Waals surface area contributed by atoms with E-state index in [0.29, 0.717) is 26.2 Å². The van der Waals surface area contributed by atoms with Crippen LogP contribution >= 0.6 is 0 Å². The number of nitrogens with two attached hydrogens (primary N) is 1. The van der Waals surface area contributed by atoms with E-state index < -0.39 is 10.2 Å². The largest absolute Gasteiger partial charge is 0.311 e. The Bertz CT molecular complexity index is 697. The molecule has 0 bridgehead atoms. The van der Waals surface area contributed by atoms with E-state index in [1.165, 1.54) is 9.87 Å². The average molecular weight is 352 g/mol. The minimum absolute atomic E-state index is 0.106. The van der Waals surface area contributed by atoms with Crippen LogP contribution in [0.5, 0.6) is 0 Å². The molecule has 2 aliphatic rings. The summed E-state index contributed by atoms with van der Waals surface area (Å²) in [6.07, 6.45) is 1.76. The van der Waals surface area contributed by atoms with Gasteiger partial charge in [-0.25, -0.2) is 5.14 Å². The lowest BCUT2D eigenvalue weighted by molar-refractivity contribution is -0.125. The zero-order valence-electron chi connectivity index (χ0n) is 13.9. The highest BCUT2D eigenvalue weighted by Gasteiger charge is 2.36. The predicted molar refractivity (Wildman–Crippen MR) is 92.8 cm³/mol. The van der Waals surface area contributed by atoms with Crippen LogP contribution in [-0.4, -0.2) is 62.3 Å². The topological polar surface area (TPSA) is 86.9 Å². The van der Waals surface area contributed by atoms with Gasteiger partial charge in [0.05, 0.1) is 6.04 Å². The molecule has 24 heavy (non-hydrogen) atoms. The van der Waals surface area contributed by atoms with E-state index in [1.807, 2.05) is 36.1 Å². The van der Waals surface area contributed by atoms with Crippen LogP contribution < -0.4 is 10.0 Å². The highest BCUT2D eigenvalue weighted by molar-refractivity contribution is 7.86. The van der Waals surface area contributed by atoms with Crippen molar-refractivity contribution >= 4 is 21.8 Å². The van der Waals surface area contributed by atoms with E-state index in [2.05, 4.69) is 4.90 Å². The number of piperidine rings is 1. The lowest BCUT2D eigenvalue weighted by Gasteiger charge is -2.41. The van der Waals surface area contributed by atoms with Gasteiger partial charge in [-0.3, -0.25) is 9.69 Å². The van der Waals surface area contributed by atoms with Gasteiger partial charge in [0.2, 0.25) is 5.91 Å². The highest BCUT2D eigenvalue weighted by atomic mass is 32.2. The summed E-state index contributed by atoms with van der Waals surface area (Å²) in [4.78, 5) is 16.9. The number of hydrogen-bond acceptors (Lipinski definition) is 4. The van der Waals surface area contributed by atoms with E-state index in [-0.39, 0.29) is 11.9 Å². The third kappa shape index (κ3) is 3.61. The van der Waals surface area contributed by atoms with Crippen molar-refractivity contribution in [1.29, 1.82) is 0 Å². The first-order chi connectivity index (χ1) is 11.4. The zero-order valence-corrected chi connectivity index (χ0v) is 14.7. The van der Waals surface area contributed by atoms with Crippen molar-refractivity contribution in [2.75, 3.05) is 37.6 Å². The minimum atomic E-state index is -3.64. The molecule has 0 saturated carbocycles. The Kier molecular flexibility index (Phi) is 4.91. The molecule has 1 atom stereocenters. The number of piperazine rings is 1. The summed E-state index contributed by atoms with van der Waals surface area (Å²) in [5, 5.41) is 5.18. The van der Waals surface area contributed by atoms with Crippen LogP contribution in [0.1, 0.15) is 18.4 Å². The fourth-order valence-corrected chi connectivity index (χ4v) is 4.12. The van der Waals surface area contributed by atoms with E-state index in [0.717, 1.165) is 25.1 Å². The molecule has 2 fully saturated rings. The van der Waals surface area contributed by atoms with Crippen molar-refractivity contribution in [2.24, 2.45) is 5.14 Å². The molecule has 0 aromatic heterocycles. The molecule has 1 aromatic rings. The van der Waals surface area contributed by atoms with Crippen molar-refractivity contribution in [3.63, 3.8) is 0 Å². The number of hydrogen-bond donors (Lipinski definition) is 1. The maximum absolute atomic E-state index is 12.9. The maximum atomic E-state index is 12.9. The highest BCUT2D eigenvalue weighted by Crippen LogP contribution is 2.25. The average Bonchev–Trinajstić information content (AvgIpc) is 2.55. The summed E-state index contributed by atoms with van der Waals surface area (Å²) in [6.45, 7) is 4.51. The Labute approximate surface area is 143 Å². The number of rotatable bonds is 3. The number of anilines is 1. The van der Waals surface area contributed by atoms with Gasteiger partial charge < -0.3 is 4.90 Å². The zero-order chi connectivity index (χ0) is 17.3. The third-order valence-corrected chi connectivity index (χ3v) is 5.91. The van der Waals surface area contributed by atoms with Crippen LogP contribution in [-0.2, 0) is 15.0 Å². The first-order valence-electron chi connectivity index (χ1n) is 8.26. The van der Waals surface area contributed by atoms with Gasteiger partial charge in [0.1, 0.15) is 0 Å². The Morgan fingerprint density at radius 2 is 1.67 bits per heavy atom. The molecule has 2 aliphatic heterocycles. The summed E-state index contributed by atoms with van der Waals surface area (Å²) in [6, 6.07) is 7.81. The molecular weight excluding hydrogens is 328 g/mol. The van der Waals surface area contributed by atoms with Crippen molar-refractivity contribution in [3.05, 3.63) is 29.8 Å². The van der Waals surface area contributed by atoms with Gasteiger partial charge in [-0.2, -0.15) is 12.7 Å². The van der Waals surface area contributed by atoms with Crippen molar-refractivity contribution in [3.8, 4) is 0 Å². The van der Waals surface area contributed by atoms with E-state index in [1.54, 1.807) is 0 Å². The molecule has 0 aliphatic carbocycles. The van der Waals surface area contributed by atoms with Crippen LogP contribution in [0.15, 0.2) is 24.3 Å². The van der Waals surface area contributed by atoms with Crippen molar-refractivity contribution in [2.45, 2.75) is 25.8 Å². The molecular formula is C16H24N4O3S. The molecule has 7 nitrogen and oxygen atoms in total. The lowest BCUT2D eigenvalue weighted by Crippen LogP contribution is -2.59. The summed E-state index contributed by atoms with van der Waals surface area (Å²) < 4.78 is 24.1. The van der Waals surface area contributed by atoms with Crippen LogP contribution in [0.25, 0.3) is 0 Å². The van der Waals surface area contributed by atoms with Crippen LogP contribution in [0.2, 0.25) is 0 Å². The number of aryl methyl sites for hydroxylation is 1. The first kappa shape index (κ1) is 17.3. The van der Waals surface area contributed by atoms with E-state index in [9.17, 15) is 13.2 Å². The van der Waals surface area contributed by atoms with Crippen LogP contribution in [0.4, 0.5) is 5.69 Å². The maximum Gasteiger partial charge on any atom is 0.276 e. The summed E-state index contributed by atoms with van der Waals surface area (Å²) in [5.41, 5.74) is 2.09. The Morgan fingerprint density at radius 1 is 1.04 bits per heavy atom. The van der Waals surface area contributed by atoms with Gasteiger partial charge in [0, 0.05) is 38.4 Å². The first-order valence-corrected chi connectivity index (χ1v) is 9.76. The Hall–Kier alpha value is -1.48. The number of benzene rings is 1. The number of carbonyl (C=O) groups excluding carboxylic acids is 1. The Morgan fingerprint density at radius 3 is 2.25 bits per heavy atom. The quantitative estimate of drug-likeness (QED) is 0.848. The van der Waals surface area contributed by atoms with E-state index in [4.69, 9.17) is 5.14 Å². The second-order valence-corrected chi connectivity index (χ2v) is 8.01. The molecule has 0 radical (unpaired) electrons. The van der Waals surface area contributed by atoms with Crippen LogP contribution in [0, 0.1) is 6.92 Å². The lowest BCUT2D eigenvalue weighted by atomic mass is 10.0. The fraction of sp³-hybridized carbons (Fsp3) is 0.562. The number of carbonyl (C=O) groups is 1. The molecule has 1 unspecified atom stereocenters. The van der Waals surface area contributed by atoms with Crippen molar-refractivity contribution in [1.82, 2.24) is 9.21 Å². The molecule has 1 aromatic carbocycles. The second-order valence-electron chi connectivity index (χ2n) is 6.46. The van der Waals surface area contributed by atoms with Gasteiger partial charge in [-0.05, 0) is 31.9 Å². The summed E-state index contributed by atoms with van der Waals surface area (Å²) in [5.74, 6) is 0.106. The van der Waals surface area contributed by atoms with E-state index >= 15 is 0 Å². The Balaban J connectivity index is 1.69. The van der Waals surface area contributed by atoms with Gasteiger partial charge in [0.15, 0.2) is 0 Å². The van der Waals surface area contributed by atoms with Gasteiger partial charge in [-0.1, -0.05) is 17.7 Å². The number of amides is 1. The smallest absolute Gasteiger partial charge is 0.276 e. The molecule has 1 amide bonds. The SMILES string of the molecule is Cc1ccc(N2CCCC(N3CCN(S(N)(=O)=O)CC3)C2=O)cc1. The van der Waals surface area contributed by atoms with Crippen LogP contribution in [0.3, 0.4) is 0 Å². The standard InChI is InChI=1S/C16H24N4O3S/c1-13-4-6-14(7-5-13)20-8-2-3-15(16(20)21)18-9-11-19(12-10-18)24(17,22)23/h4-7,15H,2-3,8-12H2,1H3,(H2,17,22,23).